The number of carbonyl (C=O) groups excluding carboxylic acids is 2. The van der Waals surface area contributed by atoms with Crippen molar-refractivity contribution in [3.8, 4) is 0 Å². The van der Waals surface area contributed by atoms with E-state index in [1.807, 2.05) is 6.92 Å². The molecule has 5 heteroatoms. The van der Waals surface area contributed by atoms with Crippen molar-refractivity contribution in [3.05, 3.63) is 0 Å². The fourth-order valence-corrected chi connectivity index (χ4v) is 3.48. The number of esters is 2. The third kappa shape index (κ3) is 1.31. The quantitative estimate of drug-likeness (QED) is 0.693. The molecular formula is C13H18O5. The molecule has 2 saturated carbocycles. The lowest BCUT2D eigenvalue weighted by Crippen LogP contribution is -2.23. The van der Waals surface area contributed by atoms with E-state index in [4.69, 9.17) is 14.2 Å². The molecule has 1 saturated heterocycles. The summed E-state index contributed by atoms with van der Waals surface area (Å²) in [5.74, 6) is -0.265. The second kappa shape index (κ2) is 3.70. The molecule has 0 unspecified atom stereocenters. The molecule has 0 aromatic carbocycles. The van der Waals surface area contributed by atoms with Crippen molar-refractivity contribution in [3.63, 3.8) is 0 Å². The molecule has 0 N–H and O–H groups in total. The van der Waals surface area contributed by atoms with Crippen LogP contribution in [0.4, 0.5) is 0 Å². The second-order valence-electron chi connectivity index (χ2n) is 5.41. The van der Waals surface area contributed by atoms with Crippen LogP contribution in [0.1, 0.15) is 20.8 Å². The van der Waals surface area contributed by atoms with E-state index in [0.29, 0.717) is 13.2 Å². The molecule has 3 rings (SSSR count). The fraction of sp³-hybridized carbons (Fsp3) is 0.846. The minimum Gasteiger partial charge on any atom is -0.466 e. The van der Waals surface area contributed by atoms with Gasteiger partial charge in [0, 0.05) is 11.8 Å². The molecule has 2 aliphatic carbocycles. The summed E-state index contributed by atoms with van der Waals surface area (Å²) in [6, 6.07) is 0. The van der Waals surface area contributed by atoms with Crippen LogP contribution >= 0.6 is 0 Å². The van der Waals surface area contributed by atoms with Gasteiger partial charge in [-0.3, -0.25) is 9.59 Å². The smallest absolute Gasteiger partial charge is 0.314 e. The maximum atomic E-state index is 11.9. The Morgan fingerprint density at radius 1 is 1.22 bits per heavy atom. The average Bonchev–Trinajstić information content (AvgIpc) is 3.13. The summed E-state index contributed by atoms with van der Waals surface area (Å²) in [5.41, 5.74) is -0.543. The molecular weight excluding hydrogens is 236 g/mol. The molecule has 3 aliphatic rings. The summed E-state index contributed by atoms with van der Waals surface area (Å²) >= 11 is 0. The van der Waals surface area contributed by atoms with E-state index >= 15 is 0 Å². The number of rotatable bonds is 4. The summed E-state index contributed by atoms with van der Waals surface area (Å²) in [6.45, 7) is 6.22. The molecule has 1 aliphatic heterocycles. The number of carbonyl (C=O) groups is 2. The molecule has 18 heavy (non-hydrogen) atoms. The maximum absolute atomic E-state index is 11.9. The lowest BCUT2D eigenvalue weighted by atomic mass is 10.0. The van der Waals surface area contributed by atoms with Gasteiger partial charge in [0.1, 0.15) is 0 Å². The number of ether oxygens (including phenoxy) is 3. The van der Waals surface area contributed by atoms with Crippen molar-refractivity contribution in [1.29, 1.82) is 0 Å². The second-order valence-corrected chi connectivity index (χ2v) is 5.41. The first-order valence-electron chi connectivity index (χ1n) is 6.56. The van der Waals surface area contributed by atoms with Gasteiger partial charge in [-0.25, -0.2) is 0 Å². The summed E-state index contributed by atoms with van der Waals surface area (Å²) in [7, 11) is 0. The third-order valence-corrected chi connectivity index (χ3v) is 4.50. The predicted octanol–water partition coefficient (Wildman–Crippen LogP) is 0.762. The number of hydrogen-bond acceptors (Lipinski definition) is 5. The van der Waals surface area contributed by atoms with Gasteiger partial charge in [-0.05, 0) is 20.8 Å². The van der Waals surface area contributed by atoms with Crippen LogP contribution in [0.25, 0.3) is 0 Å². The van der Waals surface area contributed by atoms with Crippen LogP contribution in [-0.2, 0) is 23.8 Å². The van der Waals surface area contributed by atoms with Gasteiger partial charge in [0.05, 0.1) is 36.8 Å². The summed E-state index contributed by atoms with van der Waals surface area (Å²) < 4.78 is 15.9. The Morgan fingerprint density at radius 2 is 1.89 bits per heavy atom. The van der Waals surface area contributed by atoms with Gasteiger partial charge in [-0.2, -0.15) is 0 Å². The van der Waals surface area contributed by atoms with Crippen LogP contribution in [0.5, 0.6) is 0 Å². The lowest BCUT2D eigenvalue weighted by Gasteiger charge is -2.12. The Kier molecular flexibility index (Phi) is 2.46. The molecule has 0 radical (unpaired) electrons. The Hall–Kier alpha value is -1.10. The average molecular weight is 254 g/mol. The Bertz CT molecular complexity index is 406. The van der Waals surface area contributed by atoms with Gasteiger partial charge >= 0.3 is 11.9 Å². The van der Waals surface area contributed by atoms with Crippen LogP contribution in [0.2, 0.25) is 0 Å². The van der Waals surface area contributed by atoms with E-state index in [1.54, 1.807) is 13.8 Å². The highest BCUT2D eigenvalue weighted by molar-refractivity contribution is 5.85. The maximum Gasteiger partial charge on any atom is 0.314 e. The van der Waals surface area contributed by atoms with E-state index in [0.717, 1.165) is 0 Å². The lowest BCUT2D eigenvalue weighted by molar-refractivity contribution is -0.152. The molecule has 3 fully saturated rings. The molecule has 100 valence electrons. The van der Waals surface area contributed by atoms with Gasteiger partial charge in [0.2, 0.25) is 0 Å². The predicted molar refractivity (Wildman–Crippen MR) is 60.5 cm³/mol. The standard InChI is InChI=1S/C13H18O5/c1-4-16-11(14)7-6-8-10(18-9(6)7)13(8,3)12(15)17-5-2/h6-10H,4-5H2,1-3H3/t6-,7+,8-,9+,10+,13+/m1/s1. The van der Waals surface area contributed by atoms with Crippen LogP contribution in [-0.4, -0.2) is 37.4 Å². The topological polar surface area (TPSA) is 61.8 Å². The zero-order valence-corrected chi connectivity index (χ0v) is 10.8. The SMILES string of the molecule is CCOC(=O)[C@@H]1[C@H]2O[C@H]3[C@@H]([C@H]21)[C@]3(C)C(=O)OCC. The van der Waals surface area contributed by atoms with Gasteiger partial charge in [-0.15, -0.1) is 0 Å². The number of fused-ring (bicyclic) bond motifs is 3. The third-order valence-electron chi connectivity index (χ3n) is 4.50. The molecule has 0 aromatic rings. The van der Waals surface area contributed by atoms with Crippen molar-refractivity contribution < 1.29 is 23.8 Å². The number of hydrogen-bond donors (Lipinski definition) is 0. The minimum absolute atomic E-state index is 0.0263. The Labute approximate surface area is 106 Å². The fourth-order valence-electron chi connectivity index (χ4n) is 3.48. The van der Waals surface area contributed by atoms with Crippen molar-refractivity contribution in [2.45, 2.75) is 33.0 Å². The van der Waals surface area contributed by atoms with Crippen molar-refractivity contribution >= 4 is 11.9 Å². The minimum atomic E-state index is -0.543. The molecule has 1 heterocycles. The van der Waals surface area contributed by atoms with E-state index < -0.39 is 5.41 Å². The molecule has 5 nitrogen and oxygen atoms in total. The molecule has 0 aromatic heterocycles. The van der Waals surface area contributed by atoms with Crippen LogP contribution in [0.15, 0.2) is 0 Å². The van der Waals surface area contributed by atoms with Crippen molar-refractivity contribution in [2.75, 3.05) is 13.2 Å². The zero-order chi connectivity index (χ0) is 13.1. The molecule has 6 atom stereocenters. The largest absolute Gasteiger partial charge is 0.466 e. The zero-order valence-electron chi connectivity index (χ0n) is 10.8. The Balaban J connectivity index is 1.65. The van der Waals surface area contributed by atoms with Gasteiger partial charge < -0.3 is 14.2 Å². The van der Waals surface area contributed by atoms with E-state index in [9.17, 15) is 9.59 Å². The van der Waals surface area contributed by atoms with E-state index in [-0.39, 0.29) is 41.9 Å². The van der Waals surface area contributed by atoms with E-state index in [1.165, 1.54) is 0 Å². The van der Waals surface area contributed by atoms with Crippen LogP contribution in [0, 0.1) is 23.2 Å². The van der Waals surface area contributed by atoms with Gasteiger partial charge in [0.25, 0.3) is 0 Å². The van der Waals surface area contributed by atoms with Crippen molar-refractivity contribution in [2.24, 2.45) is 23.2 Å². The van der Waals surface area contributed by atoms with Crippen molar-refractivity contribution in [1.82, 2.24) is 0 Å². The monoisotopic (exact) mass is 254 g/mol. The van der Waals surface area contributed by atoms with Gasteiger partial charge in [-0.1, -0.05) is 0 Å². The van der Waals surface area contributed by atoms with E-state index in [2.05, 4.69) is 0 Å². The molecule has 0 amide bonds. The highest BCUT2D eigenvalue weighted by Gasteiger charge is 2.85. The normalized spacial score (nSPS) is 46.9. The van der Waals surface area contributed by atoms with Crippen LogP contribution in [0.3, 0.4) is 0 Å². The van der Waals surface area contributed by atoms with Gasteiger partial charge in [0.15, 0.2) is 0 Å². The first-order chi connectivity index (χ1) is 8.57. The first-order valence-corrected chi connectivity index (χ1v) is 6.56. The highest BCUT2D eigenvalue weighted by atomic mass is 16.6. The highest BCUT2D eigenvalue weighted by Crippen LogP contribution is 2.74. The summed E-state index contributed by atoms with van der Waals surface area (Å²) in [5, 5.41) is 0. The summed E-state index contributed by atoms with van der Waals surface area (Å²) in [6.07, 6.45) is -0.0845. The first kappa shape index (κ1) is 12.0. The molecule has 0 spiro atoms. The molecule has 0 bridgehead atoms. The summed E-state index contributed by atoms with van der Waals surface area (Å²) in [4.78, 5) is 23.6. The Morgan fingerprint density at radius 3 is 2.50 bits per heavy atom. The van der Waals surface area contributed by atoms with Crippen LogP contribution < -0.4 is 0 Å².